The topological polar surface area (TPSA) is 9.23 Å². The number of benzene rings is 2. The molecule has 2 rings (SSSR count). The van der Waals surface area contributed by atoms with E-state index in [9.17, 15) is 0 Å². The molecule has 0 radical (unpaired) electrons. The molecule has 0 aromatic heterocycles. The molecule has 0 N–H and O–H groups in total. The highest BCUT2D eigenvalue weighted by atomic mass is 127. The molecule has 0 fully saturated rings. The van der Waals surface area contributed by atoms with Crippen LogP contribution in [0.4, 0.5) is 0 Å². The van der Waals surface area contributed by atoms with Gasteiger partial charge >= 0.3 is 0 Å². The normalized spacial score (nSPS) is 10.2. The maximum atomic E-state index is 5.69. The molecule has 0 atom stereocenters. The Bertz CT molecular complexity index is 436. The van der Waals surface area contributed by atoms with Gasteiger partial charge in [0, 0.05) is 4.43 Å². The maximum absolute atomic E-state index is 5.69. The van der Waals surface area contributed by atoms with E-state index in [4.69, 9.17) is 4.74 Å². The summed E-state index contributed by atoms with van der Waals surface area (Å²) in [6, 6.07) is 18.6. The average molecular weight is 338 g/mol. The number of aryl methyl sites for hydroxylation is 1. The van der Waals surface area contributed by atoms with Gasteiger partial charge in [-0.1, -0.05) is 65.1 Å². The molecule has 0 aliphatic carbocycles. The minimum Gasteiger partial charge on any atom is -0.489 e. The Labute approximate surface area is 116 Å². The molecular weight excluding hydrogens is 323 g/mol. The van der Waals surface area contributed by atoms with E-state index in [-0.39, 0.29) is 0 Å². The van der Waals surface area contributed by atoms with E-state index >= 15 is 0 Å². The van der Waals surface area contributed by atoms with E-state index in [1.54, 1.807) is 0 Å². The number of hydrogen-bond acceptors (Lipinski definition) is 1. The minimum atomic E-state index is 0.633. The number of rotatable bonds is 5. The molecule has 0 aliphatic heterocycles. The van der Waals surface area contributed by atoms with E-state index in [2.05, 4.69) is 46.9 Å². The van der Waals surface area contributed by atoms with E-state index in [0.29, 0.717) is 6.61 Å². The molecule has 0 saturated carbocycles. The van der Waals surface area contributed by atoms with Crippen molar-refractivity contribution in [3.05, 3.63) is 65.7 Å². The molecule has 0 spiro atoms. The smallest absolute Gasteiger partial charge is 0.119 e. The van der Waals surface area contributed by atoms with Crippen molar-refractivity contribution in [3.8, 4) is 5.75 Å². The van der Waals surface area contributed by atoms with Crippen LogP contribution < -0.4 is 4.74 Å². The summed E-state index contributed by atoms with van der Waals surface area (Å²) in [7, 11) is 0. The minimum absolute atomic E-state index is 0.633. The lowest BCUT2D eigenvalue weighted by Gasteiger charge is -2.06. The molecule has 0 aliphatic rings. The Morgan fingerprint density at radius 3 is 2.12 bits per heavy atom. The molecule has 88 valence electrons. The Morgan fingerprint density at radius 1 is 0.824 bits per heavy atom. The molecule has 0 bridgehead atoms. The lowest BCUT2D eigenvalue weighted by Crippen LogP contribution is -1.95. The molecular formula is C15H15IO. The first-order valence-electron chi connectivity index (χ1n) is 5.70. The van der Waals surface area contributed by atoms with Crippen LogP contribution in [0.5, 0.6) is 5.75 Å². The number of para-hydroxylation sites is 1. The lowest BCUT2D eigenvalue weighted by atomic mass is 10.1. The zero-order valence-corrected chi connectivity index (χ0v) is 11.8. The number of ether oxygens (including phenoxy) is 1. The SMILES string of the molecule is ICCc1ccc(COc2ccccc2)cc1. The van der Waals surface area contributed by atoms with Gasteiger partial charge in [-0.05, 0) is 29.7 Å². The van der Waals surface area contributed by atoms with Gasteiger partial charge in [0.25, 0.3) is 0 Å². The highest BCUT2D eigenvalue weighted by Crippen LogP contribution is 2.12. The maximum Gasteiger partial charge on any atom is 0.119 e. The van der Waals surface area contributed by atoms with Crippen LogP contribution >= 0.6 is 22.6 Å². The summed E-state index contributed by atoms with van der Waals surface area (Å²) in [5.41, 5.74) is 2.61. The summed E-state index contributed by atoms with van der Waals surface area (Å²) in [5, 5.41) is 0. The third-order valence-corrected chi connectivity index (χ3v) is 3.09. The molecule has 17 heavy (non-hydrogen) atoms. The predicted octanol–water partition coefficient (Wildman–Crippen LogP) is 4.24. The quantitative estimate of drug-likeness (QED) is 0.585. The van der Waals surface area contributed by atoms with Gasteiger partial charge in [-0.25, -0.2) is 0 Å². The standard InChI is InChI=1S/C15H15IO/c16-11-10-13-6-8-14(9-7-13)12-17-15-4-2-1-3-5-15/h1-9H,10-12H2. The van der Waals surface area contributed by atoms with Gasteiger partial charge in [-0.3, -0.25) is 0 Å². The molecule has 2 heteroatoms. The largest absolute Gasteiger partial charge is 0.489 e. The molecule has 2 aromatic carbocycles. The summed E-state index contributed by atoms with van der Waals surface area (Å²) >= 11 is 2.40. The summed E-state index contributed by atoms with van der Waals surface area (Å²) in [6.07, 6.45) is 1.14. The van der Waals surface area contributed by atoms with Crippen molar-refractivity contribution < 1.29 is 4.74 Å². The Morgan fingerprint density at radius 2 is 1.47 bits per heavy atom. The third-order valence-electron chi connectivity index (χ3n) is 2.55. The summed E-state index contributed by atoms with van der Waals surface area (Å²) < 4.78 is 6.85. The average Bonchev–Trinajstić information content (AvgIpc) is 2.40. The van der Waals surface area contributed by atoms with Gasteiger partial charge < -0.3 is 4.74 Å². The van der Waals surface area contributed by atoms with E-state index in [0.717, 1.165) is 16.6 Å². The molecule has 1 nitrogen and oxygen atoms in total. The summed E-state index contributed by atoms with van der Waals surface area (Å²) in [5.74, 6) is 0.920. The zero-order valence-electron chi connectivity index (χ0n) is 9.60. The first-order chi connectivity index (χ1) is 8.38. The van der Waals surface area contributed by atoms with Crippen molar-refractivity contribution in [2.45, 2.75) is 13.0 Å². The van der Waals surface area contributed by atoms with Crippen LogP contribution in [-0.4, -0.2) is 4.43 Å². The van der Waals surface area contributed by atoms with Crippen LogP contribution in [0.2, 0.25) is 0 Å². The summed E-state index contributed by atoms with van der Waals surface area (Å²) in [6.45, 7) is 0.633. The van der Waals surface area contributed by atoms with Gasteiger partial charge in [-0.2, -0.15) is 0 Å². The van der Waals surface area contributed by atoms with Crippen LogP contribution in [-0.2, 0) is 13.0 Å². The number of alkyl halides is 1. The van der Waals surface area contributed by atoms with Crippen molar-refractivity contribution in [3.63, 3.8) is 0 Å². The van der Waals surface area contributed by atoms with Crippen molar-refractivity contribution >= 4 is 22.6 Å². The zero-order chi connectivity index (χ0) is 11.9. The molecule has 0 unspecified atom stereocenters. The molecule has 2 aromatic rings. The first-order valence-corrected chi connectivity index (χ1v) is 7.22. The van der Waals surface area contributed by atoms with Gasteiger partial charge in [0.2, 0.25) is 0 Å². The fourth-order valence-electron chi connectivity index (χ4n) is 1.59. The fourth-order valence-corrected chi connectivity index (χ4v) is 2.22. The molecule has 0 saturated heterocycles. The predicted molar refractivity (Wildman–Crippen MR) is 79.8 cm³/mol. The monoisotopic (exact) mass is 338 g/mol. The van der Waals surface area contributed by atoms with Gasteiger partial charge in [-0.15, -0.1) is 0 Å². The molecule has 0 heterocycles. The van der Waals surface area contributed by atoms with Crippen molar-refractivity contribution in [1.82, 2.24) is 0 Å². The second-order valence-corrected chi connectivity index (χ2v) is 4.94. The third kappa shape index (κ3) is 4.04. The van der Waals surface area contributed by atoms with Crippen LogP contribution in [0, 0.1) is 0 Å². The second-order valence-electron chi connectivity index (χ2n) is 3.86. The highest BCUT2D eigenvalue weighted by molar-refractivity contribution is 14.1. The van der Waals surface area contributed by atoms with E-state index in [1.807, 2.05) is 30.3 Å². The van der Waals surface area contributed by atoms with Crippen molar-refractivity contribution in [2.24, 2.45) is 0 Å². The fraction of sp³-hybridized carbons (Fsp3) is 0.200. The first kappa shape index (κ1) is 12.4. The second kappa shape index (κ2) is 6.64. The number of hydrogen-bond donors (Lipinski definition) is 0. The van der Waals surface area contributed by atoms with Crippen molar-refractivity contribution in [1.29, 1.82) is 0 Å². The van der Waals surface area contributed by atoms with E-state index in [1.165, 1.54) is 11.1 Å². The van der Waals surface area contributed by atoms with Crippen LogP contribution in [0.1, 0.15) is 11.1 Å². The van der Waals surface area contributed by atoms with Crippen LogP contribution in [0.25, 0.3) is 0 Å². The Balaban J connectivity index is 1.91. The van der Waals surface area contributed by atoms with Gasteiger partial charge in [0.05, 0.1) is 0 Å². The van der Waals surface area contributed by atoms with Crippen LogP contribution in [0.3, 0.4) is 0 Å². The number of halogens is 1. The highest BCUT2D eigenvalue weighted by Gasteiger charge is 1.96. The lowest BCUT2D eigenvalue weighted by molar-refractivity contribution is 0.306. The van der Waals surface area contributed by atoms with E-state index < -0.39 is 0 Å². The van der Waals surface area contributed by atoms with Crippen molar-refractivity contribution in [2.75, 3.05) is 4.43 Å². The van der Waals surface area contributed by atoms with Gasteiger partial charge in [0.1, 0.15) is 12.4 Å². The summed E-state index contributed by atoms with van der Waals surface area (Å²) in [4.78, 5) is 0. The van der Waals surface area contributed by atoms with Gasteiger partial charge in [0.15, 0.2) is 0 Å². The Kier molecular flexibility index (Phi) is 4.86. The Hall–Kier alpha value is -1.03. The van der Waals surface area contributed by atoms with Crippen LogP contribution in [0.15, 0.2) is 54.6 Å². The molecule has 0 amide bonds.